The van der Waals surface area contributed by atoms with Gasteiger partial charge in [0.1, 0.15) is 0 Å². The van der Waals surface area contributed by atoms with Crippen molar-refractivity contribution in [3.8, 4) is 0 Å². The van der Waals surface area contributed by atoms with Crippen molar-refractivity contribution in [2.24, 2.45) is 5.73 Å². The van der Waals surface area contributed by atoms with Gasteiger partial charge in [-0.1, -0.05) is 0 Å². The summed E-state index contributed by atoms with van der Waals surface area (Å²) >= 11 is 1.62. The molecule has 4 heteroatoms. The van der Waals surface area contributed by atoms with Gasteiger partial charge in [0.05, 0.1) is 6.42 Å². The molecule has 0 spiro atoms. The van der Waals surface area contributed by atoms with Crippen LogP contribution in [-0.2, 0) is 4.79 Å². The fraction of sp³-hybridized carbons (Fsp3) is 0.444. The maximum Gasteiger partial charge on any atom is 0.304 e. The molecule has 1 aromatic rings. The Labute approximate surface area is 81.2 Å². The number of nitrogens with two attached hydrogens (primary N) is 1. The number of hydrogen-bond donors (Lipinski definition) is 2. The van der Waals surface area contributed by atoms with E-state index in [1.807, 2.05) is 19.1 Å². The van der Waals surface area contributed by atoms with E-state index < -0.39 is 5.97 Å². The van der Waals surface area contributed by atoms with Gasteiger partial charge in [0.2, 0.25) is 0 Å². The maximum atomic E-state index is 10.5. The second kappa shape index (κ2) is 4.39. The fourth-order valence-corrected chi connectivity index (χ4v) is 2.17. The Kier molecular flexibility index (Phi) is 3.45. The zero-order valence-corrected chi connectivity index (χ0v) is 8.30. The first kappa shape index (κ1) is 10.2. The van der Waals surface area contributed by atoms with Gasteiger partial charge >= 0.3 is 5.97 Å². The molecule has 0 bridgehead atoms. The predicted molar refractivity (Wildman–Crippen MR) is 53.1 cm³/mol. The molecule has 13 heavy (non-hydrogen) atoms. The van der Waals surface area contributed by atoms with E-state index in [1.54, 1.807) is 11.3 Å². The van der Waals surface area contributed by atoms with Crippen molar-refractivity contribution in [3.05, 3.63) is 21.9 Å². The Morgan fingerprint density at radius 3 is 2.77 bits per heavy atom. The molecule has 3 nitrogen and oxygen atoms in total. The summed E-state index contributed by atoms with van der Waals surface area (Å²) in [6.07, 6.45) is 0.121. The van der Waals surface area contributed by atoms with Crippen LogP contribution in [0.4, 0.5) is 0 Å². The molecule has 0 unspecified atom stereocenters. The Morgan fingerprint density at radius 2 is 2.38 bits per heavy atom. The molecule has 72 valence electrons. The minimum Gasteiger partial charge on any atom is -0.481 e. The van der Waals surface area contributed by atoms with E-state index in [2.05, 4.69) is 0 Å². The zero-order chi connectivity index (χ0) is 9.84. The first-order valence-electron chi connectivity index (χ1n) is 4.11. The SMILES string of the molecule is Cc1ccc([C@@H](CN)CC(=O)O)s1. The molecular formula is C9H13NO2S. The van der Waals surface area contributed by atoms with Crippen LogP contribution in [0.5, 0.6) is 0 Å². The highest BCUT2D eigenvalue weighted by molar-refractivity contribution is 7.12. The maximum absolute atomic E-state index is 10.5. The van der Waals surface area contributed by atoms with Gasteiger partial charge in [-0.25, -0.2) is 0 Å². The normalized spacial score (nSPS) is 12.8. The van der Waals surface area contributed by atoms with Gasteiger partial charge in [-0.05, 0) is 19.1 Å². The summed E-state index contributed by atoms with van der Waals surface area (Å²) in [5, 5.41) is 8.63. The zero-order valence-electron chi connectivity index (χ0n) is 7.49. The number of carbonyl (C=O) groups is 1. The Balaban J connectivity index is 2.72. The van der Waals surface area contributed by atoms with E-state index in [0.717, 1.165) is 4.88 Å². The minimum absolute atomic E-state index is 0.0313. The highest BCUT2D eigenvalue weighted by atomic mass is 32.1. The molecule has 1 rings (SSSR count). The van der Waals surface area contributed by atoms with Crippen LogP contribution >= 0.6 is 11.3 Å². The first-order valence-corrected chi connectivity index (χ1v) is 4.93. The average molecular weight is 199 g/mol. The monoisotopic (exact) mass is 199 g/mol. The molecule has 0 aliphatic carbocycles. The van der Waals surface area contributed by atoms with Crippen LogP contribution in [0.1, 0.15) is 22.1 Å². The molecule has 0 radical (unpaired) electrons. The number of carboxylic acid groups (broad SMARTS) is 1. The first-order chi connectivity index (χ1) is 6.13. The summed E-state index contributed by atoms with van der Waals surface area (Å²) in [5.74, 6) is -0.822. The Hall–Kier alpha value is -0.870. The number of thiophene rings is 1. The molecule has 3 N–H and O–H groups in total. The van der Waals surface area contributed by atoms with Crippen molar-refractivity contribution < 1.29 is 9.90 Å². The molecule has 0 amide bonds. The van der Waals surface area contributed by atoms with E-state index in [-0.39, 0.29) is 12.3 Å². The highest BCUT2D eigenvalue weighted by Gasteiger charge is 2.15. The van der Waals surface area contributed by atoms with Gasteiger partial charge in [-0.3, -0.25) is 4.79 Å². The summed E-state index contributed by atoms with van der Waals surface area (Å²) in [5.41, 5.74) is 5.51. The molecule has 0 aliphatic heterocycles. The van der Waals surface area contributed by atoms with Crippen LogP contribution in [0.2, 0.25) is 0 Å². The van der Waals surface area contributed by atoms with Gasteiger partial charge in [-0.15, -0.1) is 11.3 Å². The number of aryl methyl sites for hydroxylation is 1. The third-order valence-corrected chi connectivity index (χ3v) is 3.03. The average Bonchev–Trinajstić information content (AvgIpc) is 2.47. The third-order valence-electron chi connectivity index (χ3n) is 1.87. The van der Waals surface area contributed by atoms with E-state index >= 15 is 0 Å². The van der Waals surface area contributed by atoms with E-state index in [1.165, 1.54) is 4.88 Å². The van der Waals surface area contributed by atoms with Gasteiger partial charge in [0, 0.05) is 22.2 Å². The molecule has 1 heterocycles. The Bertz CT molecular complexity index is 296. The lowest BCUT2D eigenvalue weighted by Gasteiger charge is -2.08. The quantitative estimate of drug-likeness (QED) is 0.773. The second-order valence-electron chi connectivity index (χ2n) is 2.98. The number of hydrogen-bond acceptors (Lipinski definition) is 3. The lowest BCUT2D eigenvalue weighted by atomic mass is 10.0. The van der Waals surface area contributed by atoms with Crippen molar-refractivity contribution in [1.82, 2.24) is 0 Å². The van der Waals surface area contributed by atoms with Crippen molar-refractivity contribution >= 4 is 17.3 Å². The summed E-state index contributed by atoms with van der Waals surface area (Å²) in [4.78, 5) is 12.8. The largest absolute Gasteiger partial charge is 0.481 e. The second-order valence-corrected chi connectivity index (χ2v) is 4.30. The fourth-order valence-electron chi connectivity index (χ4n) is 1.18. The lowest BCUT2D eigenvalue weighted by molar-refractivity contribution is -0.137. The summed E-state index contributed by atoms with van der Waals surface area (Å²) < 4.78 is 0. The van der Waals surface area contributed by atoms with Crippen LogP contribution in [0.25, 0.3) is 0 Å². The summed E-state index contributed by atoms with van der Waals surface area (Å²) in [6, 6.07) is 3.95. The van der Waals surface area contributed by atoms with Gasteiger partial charge in [0.15, 0.2) is 0 Å². The number of carboxylic acids is 1. The molecule has 0 aliphatic rings. The molecular weight excluding hydrogens is 186 g/mol. The van der Waals surface area contributed by atoms with Crippen molar-refractivity contribution in [2.75, 3.05) is 6.54 Å². The summed E-state index contributed by atoms with van der Waals surface area (Å²) in [6.45, 7) is 2.40. The van der Waals surface area contributed by atoms with E-state index in [0.29, 0.717) is 6.54 Å². The van der Waals surface area contributed by atoms with Crippen LogP contribution in [-0.4, -0.2) is 17.6 Å². The molecule has 0 fully saturated rings. The smallest absolute Gasteiger partial charge is 0.304 e. The standard InChI is InChI=1S/C9H13NO2S/c1-6-2-3-8(13-6)7(5-10)4-9(11)12/h2-3,7H,4-5,10H2,1H3,(H,11,12)/t7-/m1/s1. The molecule has 0 saturated carbocycles. The lowest BCUT2D eigenvalue weighted by Crippen LogP contribution is -2.15. The van der Waals surface area contributed by atoms with Crippen LogP contribution in [0, 0.1) is 6.92 Å². The van der Waals surface area contributed by atoms with Crippen LogP contribution in [0.3, 0.4) is 0 Å². The third kappa shape index (κ3) is 2.82. The van der Waals surface area contributed by atoms with Crippen molar-refractivity contribution in [2.45, 2.75) is 19.3 Å². The predicted octanol–water partition coefficient (Wildman–Crippen LogP) is 1.57. The topological polar surface area (TPSA) is 63.3 Å². The van der Waals surface area contributed by atoms with Crippen molar-refractivity contribution in [3.63, 3.8) is 0 Å². The van der Waals surface area contributed by atoms with Crippen LogP contribution in [0.15, 0.2) is 12.1 Å². The number of aliphatic carboxylic acids is 1. The number of rotatable bonds is 4. The highest BCUT2D eigenvalue weighted by Crippen LogP contribution is 2.26. The minimum atomic E-state index is -0.790. The summed E-state index contributed by atoms with van der Waals surface area (Å²) in [7, 11) is 0. The van der Waals surface area contributed by atoms with Gasteiger partial charge in [-0.2, -0.15) is 0 Å². The molecule has 1 aromatic heterocycles. The van der Waals surface area contributed by atoms with Crippen LogP contribution < -0.4 is 5.73 Å². The van der Waals surface area contributed by atoms with Crippen molar-refractivity contribution in [1.29, 1.82) is 0 Å². The van der Waals surface area contributed by atoms with E-state index in [4.69, 9.17) is 10.8 Å². The van der Waals surface area contributed by atoms with E-state index in [9.17, 15) is 4.79 Å². The van der Waals surface area contributed by atoms with Gasteiger partial charge < -0.3 is 10.8 Å². The molecule has 0 aromatic carbocycles. The molecule has 1 atom stereocenters. The molecule has 0 saturated heterocycles. The Morgan fingerprint density at radius 1 is 1.69 bits per heavy atom. The van der Waals surface area contributed by atoms with Gasteiger partial charge in [0.25, 0.3) is 0 Å².